The van der Waals surface area contributed by atoms with Gasteiger partial charge in [0, 0.05) is 12.3 Å². The summed E-state index contributed by atoms with van der Waals surface area (Å²) in [5, 5.41) is 33.5. The molecule has 144 valence electrons. The van der Waals surface area contributed by atoms with Crippen LogP contribution in [0, 0.1) is 0 Å². The van der Waals surface area contributed by atoms with E-state index in [-0.39, 0.29) is 6.61 Å². The first-order valence-corrected chi connectivity index (χ1v) is 9.82. The Kier molecular flexibility index (Phi) is 6.30. The summed E-state index contributed by atoms with van der Waals surface area (Å²) in [6.07, 6.45) is -0.609. The third-order valence-electron chi connectivity index (χ3n) is 4.17. The lowest BCUT2D eigenvalue weighted by atomic mass is 10.1. The van der Waals surface area contributed by atoms with E-state index in [1.807, 2.05) is 0 Å². The van der Waals surface area contributed by atoms with Gasteiger partial charge in [-0.05, 0) is 12.8 Å². The molecule has 0 spiro atoms. The predicted octanol–water partition coefficient (Wildman–Crippen LogP) is 0.762. The zero-order valence-corrected chi connectivity index (χ0v) is 15.7. The molecular weight excluding hydrogens is 358 g/mol. The van der Waals surface area contributed by atoms with Gasteiger partial charge in [0.05, 0.1) is 12.9 Å². The van der Waals surface area contributed by atoms with E-state index in [0.717, 1.165) is 25.1 Å². The van der Waals surface area contributed by atoms with E-state index >= 15 is 0 Å². The number of hydrogen-bond acceptors (Lipinski definition) is 9. The normalized spacial score (nSPS) is 25.9. The largest absolute Gasteiger partial charge is 0.394 e. The number of nitrogens with zero attached hydrogens (tertiary/aromatic N) is 4. The molecule has 4 atom stereocenters. The quantitative estimate of drug-likeness (QED) is 0.386. The van der Waals surface area contributed by atoms with Crippen molar-refractivity contribution in [1.82, 2.24) is 19.5 Å². The van der Waals surface area contributed by atoms with Crippen LogP contribution in [-0.4, -0.2) is 72.1 Å². The second-order valence-electron chi connectivity index (χ2n) is 6.18. The van der Waals surface area contributed by atoms with Crippen molar-refractivity contribution in [2.24, 2.45) is 0 Å². The first-order chi connectivity index (χ1) is 12.6. The zero-order chi connectivity index (χ0) is 18.7. The molecule has 9 nitrogen and oxygen atoms in total. The maximum Gasteiger partial charge on any atom is 0.191 e. The van der Waals surface area contributed by atoms with Gasteiger partial charge in [0.25, 0.3) is 0 Å². The van der Waals surface area contributed by atoms with Crippen molar-refractivity contribution < 1.29 is 20.1 Å². The molecule has 1 saturated heterocycles. The Balaban J connectivity index is 2.01. The third kappa shape index (κ3) is 3.65. The van der Waals surface area contributed by atoms with E-state index < -0.39 is 24.5 Å². The molecule has 0 amide bonds. The summed E-state index contributed by atoms with van der Waals surface area (Å²) < 4.78 is 7.21. The average Bonchev–Trinajstić information content (AvgIpc) is 3.19. The highest BCUT2D eigenvalue weighted by molar-refractivity contribution is 7.99. The van der Waals surface area contributed by atoms with E-state index in [4.69, 9.17) is 4.74 Å². The third-order valence-corrected chi connectivity index (χ3v) is 5.22. The van der Waals surface area contributed by atoms with Gasteiger partial charge in [-0.1, -0.05) is 25.6 Å². The second kappa shape index (κ2) is 8.49. The van der Waals surface area contributed by atoms with Crippen molar-refractivity contribution in [3.05, 3.63) is 6.33 Å². The van der Waals surface area contributed by atoms with Crippen LogP contribution in [0.5, 0.6) is 0 Å². The Morgan fingerprint density at radius 3 is 2.69 bits per heavy atom. The lowest BCUT2D eigenvalue weighted by molar-refractivity contribution is -0.0511. The van der Waals surface area contributed by atoms with E-state index in [2.05, 4.69) is 34.1 Å². The molecule has 0 aromatic carbocycles. The second-order valence-corrected chi connectivity index (χ2v) is 7.25. The van der Waals surface area contributed by atoms with Gasteiger partial charge in [-0.25, -0.2) is 15.0 Å². The van der Waals surface area contributed by atoms with Gasteiger partial charge in [0.15, 0.2) is 28.4 Å². The van der Waals surface area contributed by atoms with Crippen LogP contribution in [0.3, 0.4) is 0 Å². The van der Waals surface area contributed by atoms with Gasteiger partial charge >= 0.3 is 0 Å². The van der Waals surface area contributed by atoms with Gasteiger partial charge in [-0.2, -0.15) is 0 Å². The predicted molar refractivity (Wildman–Crippen MR) is 98.1 cm³/mol. The Morgan fingerprint density at radius 1 is 1.23 bits per heavy atom. The van der Waals surface area contributed by atoms with Crippen LogP contribution in [0.4, 0.5) is 5.82 Å². The maximum atomic E-state index is 10.3. The van der Waals surface area contributed by atoms with Gasteiger partial charge in [-0.3, -0.25) is 4.57 Å². The minimum Gasteiger partial charge on any atom is -0.394 e. The Bertz CT molecular complexity index is 743. The molecule has 3 rings (SSSR count). The minimum atomic E-state index is -1.18. The number of rotatable bonds is 8. The van der Waals surface area contributed by atoms with Crippen LogP contribution >= 0.6 is 11.8 Å². The highest BCUT2D eigenvalue weighted by atomic mass is 32.2. The molecule has 0 radical (unpaired) electrons. The fourth-order valence-corrected chi connectivity index (χ4v) is 3.51. The van der Waals surface area contributed by atoms with Crippen molar-refractivity contribution in [3.8, 4) is 0 Å². The fourth-order valence-electron chi connectivity index (χ4n) is 2.82. The number of nitrogens with one attached hydrogen (secondary N) is 1. The van der Waals surface area contributed by atoms with Crippen molar-refractivity contribution in [2.45, 2.75) is 56.4 Å². The Hall–Kier alpha value is -1.46. The van der Waals surface area contributed by atoms with Crippen LogP contribution in [0.2, 0.25) is 0 Å². The summed E-state index contributed by atoms with van der Waals surface area (Å²) in [5.74, 6) is 1.53. The molecule has 4 N–H and O–H groups in total. The average molecular weight is 383 g/mol. The number of aliphatic hydroxyl groups excluding tert-OH is 3. The molecule has 3 heterocycles. The van der Waals surface area contributed by atoms with E-state index in [1.165, 1.54) is 6.33 Å². The van der Waals surface area contributed by atoms with Crippen LogP contribution in [-0.2, 0) is 4.74 Å². The molecular formula is C16H25N5O4S. The summed E-state index contributed by atoms with van der Waals surface area (Å²) >= 11 is 1.55. The topological polar surface area (TPSA) is 126 Å². The fraction of sp³-hybridized carbons (Fsp3) is 0.688. The number of imidazole rings is 1. The van der Waals surface area contributed by atoms with Crippen molar-refractivity contribution in [2.75, 3.05) is 24.2 Å². The van der Waals surface area contributed by atoms with Crippen LogP contribution in [0.1, 0.15) is 32.9 Å². The Labute approximate surface area is 155 Å². The number of thioether (sulfide) groups is 1. The van der Waals surface area contributed by atoms with E-state index in [0.29, 0.717) is 22.1 Å². The molecule has 0 unspecified atom stereocenters. The van der Waals surface area contributed by atoms with Gasteiger partial charge in [-0.15, -0.1) is 0 Å². The van der Waals surface area contributed by atoms with E-state index in [1.54, 1.807) is 16.3 Å². The van der Waals surface area contributed by atoms with Crippen molar-refractivity contribution in [3.63, 3.8) is 0 Å². The first kappa shape index (κ1) is 19.3. The highest BCUT2D eigenvalue weighted by Gasteiger charge is 2.44. The molecule has 10 heteroatoms. The van der Waals surface area contributed by atoms with Crippen LogP contribution in [0.25, 0.3) is 11.2 Å². The number of hydrogen-bond donors (Lipinski definition) is 4. The molecule has 0 saturated carbocycles. The molecule has 1 aliphatic rings. The number of fused-ring (bicyclic) bond motifs is 1. The molecule has 1 aliphatic heterocycles. The Morgan fingerprint density at radius 2 is 2.04 bits per heavy atom. The molecule has 0 bridgehead atoms. The zero-order valence-electron chi connectivity index (χ0n) is 14.9. The number of aliphatic hydroxyl groups is 3. The summed E-state index contributed by atoms with van der Waals surface area (Å²) in [7, 11) is 0. The summed E-state index contributed by atoms with van der Waals surface area (Å²) in [5.41, 5.74) is 1.10. The van der Waals surface area contributed by atoms with Crippen LogP contribution < -0.4 is 5.32 Å². The highest BCUT2D eigenvalue weighted by Crippen LogP contribution is 2.33. The van der Waals surface area contributed by atoms with Crippen molar-refractivity contribution >= 4 is 28.7 Å². The molecule has 2 aromatic heterocycles. The SMILES string of the molecule is CCCNc1nc(SCCC)nc2c1ncn2[C@@H]1O[C@H](CO)[C@@H](O)[C@H]1O. The van der Waals surface area contributed by atoms with Gasteiger partial charge < -0.3 is 25.4 Å². The van der Waals surface area contributed by atoms with Gasteiger partial charge in [0.1, 0.15) is 18.3 Å². The monoisotopic (exact) mass is 383 g/mol. The van der Waals surface area contributed by atoms with Gasteiger partial charge in [0.2, 0.25) is 0 Å². The standard InChI is InChI=1S/C16H25N5O4S/c1-3-5-17-13-10-14(20-16(19-13)26-6-4-2)21(8-18-10)15-12(24)11(23)9(7-22)25-15/h8-9,11-12,15,22-24H,3-7H2,1-2H3,(H,17,19,20)/t9-,11-,12-,15-/m1/s1. The maximum absolute atomic E-state index is 10.3. The molecule has 26 heavy (non-hydrogen) atoms. The minimum absolute atomic E-state index is 0.378. The molecule has 1 fully saturated rings. The smallest absolute Gasteiger partial charge is 0.191 e. The van der Waals surface area contributed by atoms with Crippen LogP contribution in [0.15, 0.2) is 11.5 Å². The lowest BCUT2D eigenvalue weighted by Gasteiger charge is -2.17. The number of ether oxygens (including phenoxy) is 1. The lowest BCUT2D eigenvalue weighted by Crippen LogP contribution is -2.33. The summed E-state index contributed by atoms with van der Waals surface area (Å²) in [4.78, 5) is 13.5. The number of aromatic nitrogens is 4. The van der Waals surface area contributed by atoms with E-state index in [9.17, 15) is 15.3 Å². The first-order valence-electron chi connectivity index (χ1n) is 8.84. The molecule has 2 aromatic rings. The van der Waals surface area contributed by atoms with Crippen molar-refractivity contribution in [1.29, 1.82) is 0 Å². The summed E-state index contributed by atoms with van der Waals surface area (Å²) in [6, 6.07) is 0. The molecule has 0 aliphatic carbocycles. The number of anilines is 1. The summed E-state index contributed by atoms with van der Waals surface area (Å²) in [6.45, 7) is 4.53.